The van der Waals surface area contributed by atoms with Crippen LogP contribution in [0.25, 0.3) is 33.6 Å². The Kier molecular flexibility index (Phi) is 10.3. The average Bonchev–Trinajstić information content (AvgIpc) is 3.93. The summed E-state index contributed by atoms with van der Waals surface area (Å²) in [7, 11) is 1.30. The number of imidazole rings is 2. The molecular formula is C42H53N7O5. The van der Waals surface area contributed by atoms with E-state index >= 15 is 0 Å². The summed E-state index contributed by atoms with van der Waals surface area (Å²) in [5.74, 6) is 1.25. The van der Waals surface area contributed by atoms with Gasteiger partial charge >= 0.3 is 12.2 Å². The molecule has 0 radical (unpaired) electrons. The van der Waals surface area contributed by atoms with E-state index in [4.69, 9.17) is 19.4 Å². The van der Waals surface area contributed by atoms with Crippen LogP contribution in [0.15, 0.2) is 36.7 Å². The number of amides is 3. The van der Waals surface area contributed by atoms with Crippen LogP contribution in [0, 0.1) is 5.92 Å². The van der Waals surface area contributed by atoms with Gasteiger partial charge in [0.1, 0.15) is 23.3 Å². The van der Waals surface area contributed by atoms with Gasteiger partial charge in [0.15, 0.2) is 0 Å². The van der Waals surface area contributed by atoms with Gasteiger partial charge in [0.2, 0.25) is 5.91 Å². The third-order valence-corrected chi connectivity index (χ3v) is 10.8. The van der Waals surface area contributed by atoms with Crippen molar-refractivity contribution in [3.63, 3.8) is 0 Å². The number of likely N-dealkylation sites (tertiary alicyclic amines) is 1. The average molecular weight is 736 g/mol. The number of nitrogens with one attached hydrogen (secondary N) is 3. The third kappa shape index (κ3) is 7.47. The minimum Gasteiger partial charge on any atom is -0.453 e. The minimum absolute atomic E-state index is 0.105. The first-order chi connectivity index (χ1) is 25.8. The van der Waals surface area contributed by atoms with Crippen molar-refractivity contribution >= 4 is 18.1 Å². The van der Waals surface area contributed by atoms with Crippen molar-refractivity contribution in [1.29, 1.82) is 0 Å². The lowest BCUT2D eigenvalue weighted by molar-refractivity contribution is -0.135. The zero-order chi connectivity index (χ0) is 38.3. The van der Waals surface area contributed by atoms with Crippen LogP contribution in [-0.4, -0.2) is 79.7 Å². The van der Waals surface area contributed by atoms with E-state index < -0.39 is 17.7 Å². The molecule has 12 nitrogen and oxygen atoms in total. The molecule has 54 heavy (non-hydrogen) atoms. The number of hydrogen-bond donors (Lipinski definition) is 3. The monoisotopic (exact) mass is 735 g/mol. The molecule has 0 bridgehead atoms. The van der Waals surface area contributed by atoms with Crippen molar-refractivity contribution < 1.29 is 23.9 Å². The second-order valence-corrected chi connectivity index (χ2v) is 16.2. The smallest absolute Gasteiger partial charge is 0.410 e. The van der Waals surface area contributed by atoms with Crippen LogP contribution in [0.3, 0.4) is 0 Å². The molecule has 2 aromatic heterocycles. The number of aromatic nitrogens is 4. The van der Waals surface area contributed by atoms with Crippen molar-refractivity contribution in [3.8, 4) is 33.6 Å². The highest BCUT2D eigenvalue weighted by Gasteiger charge is 2.35. The summed E-state index contributed by atoms with van der Waals surface area (Å²) in [5.41, 5.74) is 11.8. The van der Waals surface area contributed by atoms with Crippen LogP contribution < -0.4 is 5.32 Å². The number of nitrogens with zero attached hydrogens (tertiary/aromatic N) is 4. The van der Waals surface area contributed by atoms with E-state index in [9.17, 15) is 14.4 Å². The number of carbonyl (C=O) groups is 3. The summed E-state index contributed by atoms with van der Waals surface area (Å²) in [6.45, 7) is 13.1. The molecule has 4 aromatic rings. The summed E-state index contributed by atoms with van der Waals surface area (Å²) >= 11 is 0. The van der Waals surface area contributed by atoms with Gasteiger partial charge in [-0.05, 0) is 129 Å². The van der Waals surface area contributed by atoms with Gasteiger partial charge in [-0.2, -0.15) is 0 Å². The Morgan fingerprint density at radius 2 is 1.50 bits per heavy atom. The Morgan fingerprint density at radius 3 is 2.04 bits per heavy atom. The molecule has 2 aromatic carbocycles. The van der Waals surface area contributed by atoms with Gasteiger partial charge in [-0.15, -0.1) is 0 Å². The molecule has 3 amide bonds. The van der Waals surface area contributed by atoms with E-state index in [1.807, 2.05) is 53.9 Å². The molecule has 1 aliphatic heterocycles. The van der Waals surface area contributed by atoms with Crippen molar-refractivity contribution in [1.82, 2.24) is 35.1 Å². The van der Waals surface area contributed by atoms with Crippen LogP contribution in [0.2, 0.25) is 0 Å². The van der Waals surface area contributed by atoms with E-state index in [1.54, 1.807) is 9.80 Å². The second-order valence-electron chi connectivity index (χ2n) is 16.2. The maximum atomic E-state index is 13.6. The third-order valence-electron chi connectivity index (χ3n) is 10.8. The molecule has 3 heterocycles. The number of benzene rings is 2. The van der Waals surface area contributed by atoms with Gasteiger partial charge in [-0.1, -0.05) is 20.8 Å². The van der Waals surface area contributed by atoms with E-state index in [0.29, 0.717) is 25.5 Å². The number of aryl methyl sites for hydroxylation is 4. The van der Waals surface area contributed by atoms with Gasteiger partial charge in [0, 0.05) is 24.2 Å². The first-order valence-corrected chi connectivity index (χ1v) is 19.4. The number of rotatable bonds is 10. The lowest BCUT2D eigenvalue weighted by Crippen LogP contribution is -2.51. The fourth-order valence-corrected chi connectivity index (χ4v) is 8.26. The van der Waals surface area contributed by atoms with Crippen LogP contribution in [0.5, 0.6) is 0 Å². The lowest BCUT2D eigenvalue weighted by Gasteiger charge is -2.30. The van der Waals surface area contributed by atoms with E-state index in [2.05, 4.69) is 39.6 Å². The first kappa shape index (κ1) is 37.2. The Balaban J connectivity index is 1.10. The molecule has 7 rings (SSSR count). The molecule has 1 saturated heterocycles. The standard InChI is InChI=1S/C42H53N7O5/c1-8-15-48(39(50)37(24(2)3)47-40(51)53-7)23-34-43-21-31(45-34)29-17-25-11-13-27-19-30(20-28-14-12-26(18-29)35(25)36(27)28)32-22-44-38(46-32)33-10-9-16-49(33)41(52)54-42(4,5)6/h17-22,24,33,37H,8-16,23H2,1-7H3,(H,43,45)(H,44,46)(H,47,51). The highest BCUT2D eigenvalue weighted by Crippen LogP contribution is 2.46. The summed E-state index contributed by atoms with van der Waals surface area (Å²) in [4.78, 5) is 58.6. The predicted octanol–water partition coefficient (Wildman–Crippen LogP) is 7.52. The fraction of sp³-hybridized carbons (Fsp3) is 0.500. The number of alkyl carbamates (subject to hydrolysis) is 1. The Bertz CT molecular complexity index is 2010. The van der Waals surface area contributed by atoms with Gasteiger partial charge in [-0.25, -0.2) is 19.6 Å². The highest BCUT2D eigenvalue weighted by atomic mass is 16.6. The van der Waals surface area contributed by atoms with Crippen LogP contribution in [-0.2, 0) is 46.5 Å². The van der Waals surface area contributed by atoms with Crippen molar-refractivity contribution in [2.45, 2.75) is 111 Å². The van der Waals surface area contributed by atoms with Gasteiger partial charge < -0.3 is 29.7 Å². The number of aromatic amines is 2. The molecule has 0 saturated carbocycles. The molecule has 3 N–H and O–H groups in total. The molecular weight excluding hydrogens is 683 g/mol. The van der Waals surface area contributed by atoms with Crippen LogP contribution in [0.1, 0.15) is 101 Å². The summed E-state index contributed by atoms with van der Waals surface area (Å²) in [6, 6.07) is 8.41. The number of ether oxygens (including phenoxy) is 2. The van der Waals surface area contributed by atoms with Crippen molar-refractivity contribution in [3.05, 3.63) is 70.6 Å². The normalized spacial score (nSPS) is 16.6. The largest absolute Gasteiger partial charge is 0.453 e. The van der Waals surface area contributed by atoms with Gasteiger partial charge in [-0.3, -0.25) is 9.69 Å². The highest BCUT2D eigenvalue weighted by molar-refractivity contribution is 5.87. The van der Waals surface area contributed by atoms with Gasteiger partial charge in [0.05, 0.1) is 43.5 Å². The van der Waals surface area contributed by atoms with E-state index in [0.717, 1.165) is 73.3 Å². The zero-order valence-electron chi connectivity index (χ0n) is 32.6. The Hall–Kier alpha value is -5.13. The first-order valence-electron chi connectivity index (χ1n) is 19.4. The molecule has 2 atom stereocenters. The van der Waals surface area contributed by atoms with Gasteiger partial charge in [0.25, 0.3) is 0 Å². The summed E-state index contributed by atoms with van der Waals surface area (Å²) in [5, 5.41) is 2.71. The minimum atomic E-state index is -0.693. The zero-order valence-corrected chi connectivity index (χ0v) is 32.6. The van der Waals surface area contributed by atoms with Crippen molar-refractivity contribution in [2.75, 3.05) is 20.2 Å². The Morgan fingerprint density at radius 1 is 0.926 bits per heavy atom. The molecule has 2 aliphatic carbocycles. The maximum absolute atomic E-state index is 13.6. The quantitative estimate of drug-likeness (QED) is 0.153. The molecule has 2 unspecified atom stereocenters. The topological polar surface area (TPSA) is 146 Å². The summed E-state index contributed by atoms with van der Waals surface area (Å²) in [6.07, 6.45) is 9.19. The Labute approximate surface area is 317 Å². The predicted molar refractivity (Wildman–Crippen MR) is 207 cm³/mol. The second kappa shape index (κ2) is 14.9. The van der Waals surface area contributed by atoms with Crippen molar-refractivity contribution in [2.24, 2.45) is 5.92 Å². The number of methoxy groups -OCH3 is 1. The van der Waals surface area contributed by atoms with E-state index in [-0.39, 0.29) is 24.0 Å². The van der Waals surface area contributed by atoms with E-state index in [1.165, 1.54) is 40.5 Å². The molecule has 3 aliphatic rings. The summed E-state index contributed by atoms with van der Waals surface area (Å²) < 4.78 is 10.5. The van der Waals surface area contributed by atoms with Crippen LogP contribution >= 0.6 is 0 Å². The fourth-order valence-electron chi connectivity index (χ4n) is 8.26. The maximum Gasteiger partial charge on any atom is 0.410 e. The SMILES string of the molecule is CCCN(Cc1ncc(-c2cc3c4c(c2)CCc2cc(-c5cnc(C6CCCN6C(=O)OC(C)(C)C)[nH]5)cc(c2-4)CC3)[nH]1)C(=O)C(NC(=O)OC)C(C)C. The number of carbonyl (C=O) groups excluding carboxylic acids is 3. The lowest BCUT2D eigenvalue weighted by atomic mass is 9.74. The number of H-pyrrole nitrogens is 2. The molecule has 0 spiro atoms. The molecule has 286 valence electrons. The number of hydrogen-bond acceptors (Lipinski definition) is 7. The van der Waals surface area contributed by atoms with Crippen LogP contribution in [0.4, 0.5) is 9.59 Å². The molecule has 1 fully saturated rings. The molecule has 12 heteroatoms.